The van der Waals surface area contributed by atoms with Crippen LogP contribution in [0.1, 0.15) is 28.4 Å². The van der Waals surface area contributed by atoms with Crippen molar-refractivity contribution in [2.75, 3.05) is 13.1 Å². The summed E-state index contributed by atoms with van der Waals surface area (Å²) in [6.07, 6.45) is 2.00. The molecule has 2 rings (SSSR count). The van der Waals surface area contributed by atoms with Gasteiger partial charge in [-0.05, 0) is 30.2 Å². The first-order valence-electron chi connectivity index (χ1n) is 5.13. The van der Waals surface area contributed by atoms with Crippen LogP contribution in [-0.2, 0) is 13.0 Å². The molecule has 0 spiro atoms. The van der Waals surface area contributed by atoms with Crippen LogP contribution in [0.4, 0.5) is 0 Å². The second-order valence-electron chi connectivity index (χ2n) is 3.76. The highest BCUT2D eigenvalue weighted by atomic mass is 16.1. The molecule has 1 aliphatic heterocycles. The van der Waals surface area contributed by atoms with Gasteiger partial charge in [-0.3, -0.25) is 9.69 Å². The summed E-state index contributed by atoms with van der Waals surface area (Å²) in [5, 5.41) is 0. The number of fused-ring (bicyclic) bond motifs is 1. The van der Waals surface area contributed by atoms with E-state index in [0.717, 1.165) is 37.9 Å². The highest BCUT2D eigenvalue weighted by Crippen LogP contribution is 2.19. The summed E-state index contributed by atoms with van der Waals surface area (Å²) in [6.45, 7) is 5.44. The zero-order valence-corrected chi connectivity index (χ0v) is 8.49. The van der Waals surface area contributed by atoms with Crippen molar-refractivity contribution in [2.45, 2.75) is 19.9 Å². The monoisotopic (exact) mass is 189 g/mol. The molecule has 1 aliphatic rings. The van der Waals surface area contributed by atoms with E-state index in [0.29, 0.717) is 0 Å². The Morgan fingerprint density at radius 2 is 2.29 bits per heavy atom. The molecule has 0 aromatic heterocycles. The molecule has 0 aliphatic carbocycles. The molecule has 74 valence electrons. The number of hydrogen-bond donors (Lipinski definition) is 0. The van der Waals surface area contributed by atoms with Gasteiger partial charge in [0.1, 0.15) is 6.29 Å². The van der Waals surface area contributed by atoms with Crippen molar-refractivity contribution < 1.29 is 4.79 Å². The van der Waals surface area contributed by atoms with Gasteiger partial charge in [-0.2, -0.15) is 0 Å². The van der Waals surface area contributed by atoms with E-state index in [1.807, 2.05) is 12.1 Å². The summed E-state index contributed by atoms with van der Waals surface area (Å²) in [5.74, 6) is 0. The predicted octanol–water partition coefficient (Wildman–Crippen LogP) is 1.88. The minimum Gasteiger partial charge on any atom is -0.299 e. The van der Waals surface area contributed by atoms with Gasteiger partial charge in [0.25, 0.3) is 0 Å². The Balaban J connectivity index is 2.27. The average Bonchev–Trinajstić information content (AvgIpc) is 2.27. The highest BCUT2D eigenvalue weighted by Gasteiger charge is 2.14. The summed E-state index contributed by atoms with van der Waals surface area (Å²) in [6, 6.07) is 6.02. The van der Waals surface area contributed by atoms with Crippen LogP contribution in [0.5, 0.6) is 0 Å². The molecule has 0 radical (unpaired) electrons. The van der Waals surface area contributed by atoms with E-state index in [4.69, 9.17) is 0 Å². The van der Waals surface area contributed by atoms with Gasteiger partial charge >= 0.3 is 0 Å². The molecule has 0 fully saturated rings. The van der Waals surface area contributed by atoms with Gasteiger partial charge in [0.2, 0.25) is 0 Å². The Morgan fingerprint density at radius 3 is 3.00 bits per heavy atom. The maximum absolute atomic E-state index is 10.6. The van der Waals surface area contributed by atoms with E-state index in [9.17, 15) is 4.79 Å². The summed E-state index contributed by atoms with van der Waals surface area (Å²) in [7, 11) is 0. The van der Waals surface area contributed by atoms with E-state index in [1.165, 1.54) is 11.1 Å². The zero-order valence-electron chi connectivity index (χ0n) is 8.49. The Hall–Kier alpha value is -1.15. The zero-order chi connectivity index (χ0) is 9.97. The van der Waals surface area contributed by atoms with Gasteiger partial charge in [-0.15, -0.1) is 0 Å². The van der Waals surface area contributed by atoms with Crippen LogP contribution in [-0.4, -0.2) is 24.3 Å². The van der Waals surface area contributed by atoms with Crippen LogP contribution in [0.3, 0.4) is 0 Å². The summed E-state index contributed by atoms with van der Waals surface area (Å²) in [5.41, 5.74) is 3.52. The smallest absolute Gasteiger partial charge is 0.150 e. The van der Waals surface area contributed by atoms with Crippen molar-refractivity contribution in [3.8, 4) is 0 Å². The van der Waals surface area contributed by atoms with E-state index < -0.39 is 0 Å². The number of nitrogens with zero attached hydrogens (tertiary/aromatic N) is 1. The maximum Gasteiger partial charge on any atom is 0.150 e. The lowest BCUT2D eigenvalue weighted by Gasteiger charge is -2.27. The van der Waals surface area contributed by atoms with Crippen LogP contribution in [0.15, 0.2) is 18.2 Å². The normalized spacial score (nSPS) is 16.4. The molecule has 0 saturated carbocycles. The third kappa shape index (κ3) is 1.70. The van der Waals surface area contributed by atoms with Crippen LogP contribution >= 0.6 is 0 Å². The molecule has 0 atom stereocenters. The molecule has 0 unspecified atom stereocenters. The third-order valence-electron chi connectivity index (χ3n) is 2.90. The van der Waals surface area contributed by atoms with E-state index in [1.54, 1.807) is 0 Å². The molecular formula is C12H15NO. The Kier molecular flexibility index (Phi) is 2.64. The van der Waals surface area contributed by atoms with Gasteiger partial charge in [0, 0.05) is 18.7 Å². The fraction of sp³-hybridized carbons (Fsp3) is 0.417. The largest absolute Gasteiger partial charge is 0.299 e. The van der Waals surface area contributed by atoms with Gasteiger partial charge in [0.05, 0.1) is 0 Å². The predicted molar refractivity (Wildman–Crippen MR) is 56.5 cm³/mol. The van der Waals surface area contributed by atoms with Crippen LogP contribution in [0.2, 0.25) is 0 Å². The number of rotatable bonds is 2. The Bertz CT molecular complexity index is 346. The lowest BCUT2D eigenvalue weighted by molar-refractivity contribution is 0.112. The lowest BCUT2D eigenvalue weighted by Crippen LogP contribution is -2.30. The summed E-state index contributed by atoms with van der Waals surface area (Å²) in [4.78, 5) is 13.0. The summed E-state index contributed by atoms with van der Waals surface area (Å²) < 4.78 is 0. The van der Waals surface area contributed by atoms with Gasteiger partial charge in [0.15, 0.2) is 0 Å². The molecule has 0 bridgehead atoms. The molecule has 1 aromatic carbocycles. The Labute approximate surface area is 84.5 Å². The van der Waals surface area contributed by atoms with Crippen molar-refractivity contribution in [1.82, 2.24) is 4.90 Å². The lowest BCUT2D eigenvalue weighted by atomic mass is 9.98. The molecule has 1 heterocycles. The molecule has 2 heteroatoms. The van der Waals surface area contributed by atoms with Crippen LogP contribution in [0.25, 0.3) is 0 Å². The van der Waals surface area contributed by atoms with E-state index >= 15 is 0 Å². The molecule has 2 nitrogen and oxygen atoms in total. The van der Waals surface area contributed by atoms with Gasteiger partial charge in [-0.1, -0.05) is 19.1 Å². The molecule has 0 saturated heterocycles. The Morgan fingerprint density at radius 1 is 1.43 bits per heavy atom. The van der Waals surface area contributed by atoms with Crippen molar-refractivity contribution in [3.05, 3.63) is 34.9 Å². The van der Waals surface area contributed by atoms with Crippen LogP contribution in [0, 0.1) is 0 Å². The molecule has 1 aromatic rings. The van der Waals surface area contributed by atoms with Crippen molar-refractivity contribution in [3.63, 3.8) is 0 Å². The van der Waals surface area contributed by atoms with Crippen molar-refractivity contribution in [2.24, 2.45) is 0 Å². The van der Waals surface area contributed by atoms with Gasteiger partial charge in [-0.25, -0.2) is 0 Å². The first-order chi connectivity index (χ1) is 6.83. The van der Waals surface area contributed by atoms with Crippen molar-refractivity contribution >= 4 is 6.29 Å². The van der Waals surface area contributed by atoms with Gasteiger partial charge < -0.3 is 0 Å². The summed E-state index contributed by atoms with van der Waals surface area (Å²) >= 11 is 0. The third-order valence-corrected chi connectivity index (χ3v) is 2.90. The number of carbonyl (C=O) groups is 1. The fourth-order valence-corrected chi connectivity index (χ4v) is 1.97. The number of likely N-dealkylation sites (N-methyl/N-ethyl adjacent to an activating group) is 1. The highest BCUT2D eigenvalue weighted by molar-refractivity contribution is 5.75. The van der Waals surface area contributed by atoms with E-state index in [2.05, 4.69) is 17.9 Å². The van der Waals surface area contributed by atoms with Crippen LogP contribution < -0.4 is 0 Å². The molecule has 0 N–H and O–H groups in total. The number of aldehydes is 1. The minimum atomic E-state index is 0.800. The quantitative estimate of drug-likeness (QED) is 0.662. The average molecular weight is 189 g/mol. The van der Waals surface area contributed by atoms with E-state index in [-0.39, 0.29) is 0 Å². The number of carbonyl (C=O) groups excluding carboxylic acids is 1. The second kappa shape index (κ2) is 3.93. The maximum atomic E-state index is 10.6. The standard InChI is InChI=1S/C12H15NO/c1-2-13-6-5-11-7-10(9-14)3-4-12(11)8-13/h3-4,7,9H,2,5-6,8H2,1H3. The van der Waals surface area contributed by atoms with Crippen molar-refractivity contribution in [1.29, 1.82) is 0 Å². The SMILES string of the molecule is CCN1CCc2cc(C=O)ccc2C1. The topological polar surface area (TPSA) is 20.3 Å². The first kappa shape index (κ1) is 9.41. The second-order valence-corrected chi connectivity index (χ2v) is 3.76. The molecule has 0 amide bonds. The molecule has 14 heavy (non-hydrogen) atoms. The number of benzene rings is 1. The fourth-order valence-electron chi connectivity index (χ4n) is 1.97. The number of hydrogen-bond acceptors (Lipinski definition) is 2. The first-order valence-corrected chi connectivity index (χ1v) is 5.13. The molecular weight excluding hydrogens is 174 g/mol. The minimum absolute atomic E-state index is 0.800.